The van der Waals surface area contributed by atoms with Crippen LogP contribution < -0.4 is 0 Å². The van der Waals surface area contributed by atoms with E-state index in [0.29, 0.717) is 0 Å². The lowest BCUT2D eigenvalue weighted by atomic mass is 9.97. The van der Waals surface area contributed by atoms with Crippen molar-refractivity contribution in [1.82, 2.24) is 0 Å². The first-order valence-electron chi connectivity index (χ1n) is 4.87. The molecule has 66 valence electrons. The Kier molecular flexibility index (Phi) is 3.86. The zero-order valence-corrected chi connectivity index (χ0v) is 8.09. The second-order valence-electron chi connectivity index (χ2n) is 3.58. The van der Waals surface area contributed by atoms with Crippen molar-refractivity contribution < 1.29 is 0 Å². The van der Waals surface area contributed by atoms with Crippen LogP contribution in [0.25, 0.3) is 0 Å². The molecule has 1 aromatic rings. The Labute approximate surface area is 75.6 Å². The molecule has 0 spiro atoms. The van der Waals surface area contributed by atoms with Gasteiger partial charge in [-0.15, -0.1) is 0 Å². The van der Waals surface area contributed by atoms with E-state index in [-0.39, 0.29) is 0 Å². The van der Waals surface area contributed by atoms with E-state index in [0.717, 1.165) is 5.92 Å². The number of benzene rings is 1. The summed E-state index contributed by atoms with van der Waals surface area (Å²) in [6.07, 6.45) is 3.87. The van der Waals surface area contributed by atoms with Gasteiger partial charge in [0.15, 0.2) is 0 Å². The van der Waals surface area contributed by atoms with Crippen molar-refractivity contribution in [3.8, 4) is 0 Å². The van der Waals surface area contributed by atoms with Gasteiger partial charge in [-0.2, -0.15) is 0 Å². The fourth-order valence-corrected chi connectivity index (χ4v) is 1.61. The summed E-state index contributed by atoms with van der Waals surface area (Å²) in [4.78, 5) is 0. The maximum absolute atomic E-state index is 2.33. The van der Waals surface area contributed by atoms with Crippen molar-refractivity contribution in [1.29, 1.82) is 0 Å². The summed E-state index contributed by atoms with van der Waals surface area (Å²) in [6.45, 7) is 4.58. The molecule has 0 nitrogen and oxygen atoms in total. The van der Waals surface area contributed by atoms with Crippen LogP contribution in [0.15, 0.2) is 30.3 Å². The molecule has 0 aliphatic heterocycles. The van der Waals surface area contributed by atoms with Gasteiger partial charge in [0.05, 0.1) is 0 Å². The summed E-state index contributed by atoms with van der Waals surface area (Å²) in [5.74, 6) is 0.831. The average molecular weight is 162 g/mol. The van der Waals surface area contributed by atoms with Crippen molar-refractivity contribution >= 4 is 0 Å². The van der Waals surface area contributed by atoms with Crippen LogP contribution in [-0.4, -0.2) is 0 Å². The summed E-state index contributed by atoms with van der Waals surface area (Å²) in [5, 5.41) is 0. The maximum atomic E-state index is 2.33. The van der Waals surface area contributed by atoms with Gasteiger partial charge < -0.3 is 0 Å². The minimum absolute atomic E-state index is 0.831. The van der Waals surface area contributed by atoms with Crippen LogP contribution in [0.4, 0.5) is 0 Å². The Morgan fingerprint density at radius 1 is 1.17 bits per heavy atom. The zero-order valence-electron chi connectivity index (χ0n) is 8.09. The number of hydrogen-bond acceptors (Lipinski definition) is 0. The highest BCUT2D eigenvalue weighted by molar-refractivity contribution is 5.14. The predicted molar refractivity (Wildman–Crippen MR) is 54.2 cm³/mol. The van der Waals surface area contributed by atoms with Crippen LogP contribution in [-0.2, 0) is 6.42 Å². The molecule has 0 fully saturated rings. The first kappa shape index (κ1) is 9.31. The van der Waals surface area contributed by atoms with E-state index in [1.54, 1.807) is 0 Å². The van der Waals surface area contributed by atoms with Crippen LogP contribution in [0.5, 0.6) is 0 Å². The van der Waals surface area contributed by atoms with Gasteiger partial charge in [0, 0.05) is 0 Å². The Balaban J connectivity index is 2.41. The Hall–Kier alpha value is -0.780. The topological polar surface area (TPSA) is 0 Å². The standard InChI is InChI=1S/C12H18/c1-3-7-11(2)10-12-8-5-4-6-9-12/h4-6,8-9,11H,3,7,10H2,1-2H3/t11-/m1/s1. The SMILES string of the molecule is CCC[C@@H](C)Cc1ccccc1. The van der Waals surface area contributed by atoms with Gasteiger partial charge >= 0.3 is 0 Å². The van der Waals surface area contributed by atoms with Gasteiger partial charge in [0.2, 0.25) is 0 Å². The molecule has 0 heteroatoms. The van der Waals surface area contributed by atoms with E-state index in [4.69, 9.17) is 0 Å². The van der Waals surface area contributed by atoms with Gasteiger partial charge in [0.1, 0.15) is 0 Å². The molecule has 1 rings (SSSR count). The highest BCUT2D eigenvalue weighted by atomic mass is 14.1. The highest BCUT2D eigenvalue weighted by Gasteiger charge is 2.00. The molecular formula is C12H18. The second kappa shape index (κ2) is 4.97. The molecule has 12 heavy (non-hydrogen) atoms. The van der Waals surface area contributed by atoms with Crippen LogP contribution in [0.1, 0.15) is 32.3 Å². The summed E-state index contributed by atoms with van der Waals surface area (Å²) < 4.78 is 0. The van der Waals surface area contributed by atoms with Crippen molar-refractivity contribution in [2.24, 2.45) is 5.92 Å². The lowest BCUT2D eigenvalue weighted by Gasteiger charge is -2.08. The average Bonchev–Trinajstić information content (AvgIpc) is 2.06. The second-order valence-corrected chi connectivity index (χ2v) is 3.58. The lowest BCUT2D eigenvalue weighted by Crippen LogP contribution is -1.98. The smallest absolute Gasteiger partial charge is 0.0253 e. The van der Waals surface area contributed by atoms with E-state index in [1.165, 1.54) is 24.8 Å². The molecule has 0 unspecified atom stereocenters. The molecule has 1 atom stereocenters. The van der Waals surface area contributed by atoms with E-state index in [1.807, 2.05) is 0 Å². The Morgan fingerprint density at radius 2 is 1.83 bits per heavy atom. The third kappa shape index (κ3) is 3.08. The Morgan fingerprint density at radius 3 is 2.42 bits per heavy atom. The monoisotopic (exact) mass is 162 g/mol. The van der Waals surface area contributed by atoms with E-state index in [2.05, 4.69) is 44.2 Å². The largest absolute Gasteiger partial charge is 0.0654 e. The van der Waals surface area contributed by atoms with Gasteiger partial charge in [-0.25, -0.2) is 0 Å². The molecule has 0 aromatic heterocycles. The molecule has 0 bridgehead atoms. The fraction of sp³-hybridized carbons (Fsp3) is 0.500. The molecule has 1 aromatic carbocycles. The Bertz CT molecular complexity index is 201. The minimum Gasteiger partial charge on any atom is -0.0654 e. The van der Waals surface area contributed by atoms with Gasteiger partial charge in [-0.3, -0.25) is 0 Å². The molecule has 0 saturated carbocycles. The van der Waals surface area contributed by atoms with E-state index < -0.39 is 0 Å². The quantitative estimate of drug-likeness (QED) is 0.633. The summed E-state index contributed by atoms with van der Waals surface area (Å²) >= 11 is 0. The first-order chi connectivity index (χ1) is 5.83. The summed E-state index contributed by atoms with van der Waals surface area (Å²) in [5.41, 5.74) is 1.47. The van der Waals surface area contributed by atoms with E-state index >= 15 is 0 Å². The normalized spacial score (nSPS) is 12.8. The molecule has 0 amide bonds. The number of rotatable bonds is 4. The van der Waals surface area contributed by atoms with Crippen LogP contribution in [0.3, 0.4) is 0 Å². The van der Waals surface area contributed by atoms with Crippen molar-refractivity contribution in [2.45, 2.75) is 33.1 Å². The first-order valence-corrected chi connectivity index (χ1v) is 4.87. The summed E-state index contributed by atoms with van der Waals surface area (Å²) in [7, 11) is 0. The molecule has 0 heterocycles. The van der Waals surface area contributed by atoms with Crippen LogP contribution >= 0.6 is 0 Å². The molecule has 0 aliphatic carbocycles. The summed E-state index contributed by atoms with van der Waals surface area (Å²) in [6, 6.07) is 10.7. The highest BCUT2D eigenvalue weighted by Crippen LogP contribution is 2.12. The molecule has 0 N–H and O–H groups in total. The maximum Gasteiger partial charge on any atom is -0.0253 e. The number of hydrogen-bond donors (Lipinski definition) is 0. The van der Waals surface area contributed by atoms with Crippen molar-refractivity contribution in [3.63, 3.8) is 0 Å². The van der Waals surface area contributed by atoms with Gasteiger partial charge in [-0.05, 0) is 17.9 Å². The third-order valence-corrected chi connectivity index (χ3v) is 2.21. The fourth-order valence-electron chi connectivity index (χ4n) is 1.61. The minimum atomic E-state index is 0.831. The van der Waals surface area contributed by atoms with Gasteiger partial charge in [-0.1, -0.05) is 57.0 Å². The van der Waals surface area contributed by atoms with Gasteiger partial charge in [0.25, 0.3) is 0 Å². The lowest BCUT2D eigenvalue weighted by molar-refractivity contribution is 0.522. The third-order valence-electron chi connectivity index (χ3n) is 2.21. The predicted octanol–water partition coefficient (Wildman–Crippen LogP) is 3.67. The van der Waals surface area contributed by atoms with Crippen LogP contribution in [0.2, 0.25) is 0 Å². The molecule has 0 aliphatic rings. The molecule has 0 radical (unpaired) electrons. The zero-order chi connectivity index (χ0) is 8.81. The van der Waals surface area contributed by atoms with Crippen molar-refractivity contribution in [2.75, 3.05) is 0 Å². The molecule has 0 saturated heterocycles. The van der Waals surface area contributed by atoms with E-state index in [9.17, 15) is 0 Å². The molecular weight excluding hydrogens is 144 g/mol. The van der Waals surface area contributed by atoms with Crippen LogP contribution in [0, 0.1) is 5.92 Å². The van der Waals surface area contributed by atoms with Crippen molar-refractivity contribution in [3.05, 3.63) is 35.9 Å².